The number of ether oxygens (including phenoxy) is 1. The fourth-order valence-electron chi connectivity index (χ4n) is 1.50. The first-order chi connectivity index (χ1) is 8.56. The maximum atomic E-state index is 5.89. The van der Waals surface area contributed by atoms with E-state index in [4.69, 9.17) is 22.1 Å². The number of anilines is 2. The lowest BCUT2D eigenvalue weighted by Crippen LogP contribution is -2.09. The Bertz CT molecular complexity index is 540. The molecule has 5 heteroatoms. The van der Waals surface area contributed by atoms with E-state index in [2.05, 4.69) is 0 Å². The van der Waals surface area contributed by atoms with E-state index < -0.39 is 0 Å². The second kappa shape index (κ2) is 5.50. The van der Waals surface area contributed by atoms with Crippen molar-refractivity contribution in [2.75, 3.05) is 24.7 Å². The van der Waals surface area contributed by atoms with Gasteiger partial charge in [-0.2, -0.15) is 0 Å². The lowest BCUT2D eigenvalue weighted by Gasteiger charge is -2.15. The summed E-state index contributed by atoms with van der Waals surface area (Å²) < 4.78 is 6.49. The SMILES string of the molecule is CN(C)c1ccc(N)c(OCc2ccc(Cl)s2)c1. The average Bonchev–Trinajstić information content (AvgIpc) is 2.74. The first-order valence-corrected chi connectivity index (χ1v) is 6.69. The van der Waals surface area contributed by atoms with E-state index in [9.17, 15) is 0 Å². The second-order valence-corrected chi connectivity index (χ2v) is 5.91. The summed E-state index contributed by atoms with van der Waals surface area (Å²) in [7, 11) is 3.96. The number of benzene rings is 1. The van der Waals surface area contributed by atoms with Gasteiger partial charge in [0.15, 0.2) is 0 Å². The van der Waals surface area contributed by atoms with Crippen molar-refractivity contribution < 1.29 is 4.74 Å². The summed E-state index contributed by atoms with van der Waals surface area (Å²) in [6.45, 7) is 0.485. The van der Waals surface area contributed by atoms with Gasteiger partial charge in [-0.25, -0.2) is 0 Å². The van der Waals surface area contributed by atoms with Crippen LogP contribution in [0.4, 0.5) is 11.4 Å². The molecule has 0 unspecified atom stereocenters. The van der Waals surface area contributed by atoms with Gasteiger partial charge in [0.25, 0.3) is 0 Å². The zero-order chi connectivity index (χ0) is 13.1. The molecule has 0 amide bonds. The first kappa shape index (κ1) is 13.1. The number of nitrogen functional groups attached to an aromatic ring is 1. The van der Waals surface area contributed by atoms with Gasteiger partial charge in [0.2, 0.25) is 0 Å². The predicted molar refractivity (Wildman–Crippen MR) is 78.8 cm³/mol. The van der Waals surface area contributed by atoms with Crippen LogP contribution in [0.25, 0.3) is 0 Å². The van der Waals surface area contributed by atoms with Gasteiger partial charge >= 0.3 is 0 Å². The van der Waals surface area contributed by atoms with E-state index in [0.717, 1.165) is 14.9 Å². The van der Waals surface area contributed by atoms with E-state index in [-0.39, 0.29) is 0 Å². The summed E-state index contributed by atoms with van der Waals surface area (Å²) in [5.41, 5.74) is 7.59. The molecule has 0 fully saturated rings. The van der Waals surface area contributed by atoms with Gasteiger partial charge in [-0.1, -0.05) is 11.6 Å². The van der Waals surface area contributed by atoms with Crippen LogP contribution in [0.3, 0.4) is 0 Å². The van der Waals surface area contributed by atoms with E-state index in [1.165, 1.54) is 11.3 Å². The second-order valence-electron chi connectivity index (χ2n) is 4.11. The standard InChI is InChI=1S/C13H15ClN2OS/c1-16(2)9-3-5-11(15)12(7-9)17-8-10-4-6-13(14)18-10/h3-7H,8,15H2,1-2H3. The van der Waals surface area contributed by atoms with Crippen LogP contribution in [0.2, 0.25) is 4.34 Å². The maximum Gasteiger partial charge on any atom is 0.144 e. The van der Waals surface area contributed by atoms with Crippen LogP contribution in [-0.4, -0.2) is 14.1 Å². The summed E-state index contributed by atoms with van der Waals surface area (Å²) in [6, 6.07) is 9.57. The topological polar surface area (TPSA) is 38.5 Å². The van der Waals surface area contributed by atoms with Crippen LogP contribution < -0.4 is 15.4 Å². The molecule has 0 radical (unpaired) electrons. The number of nitrogens with two attached hydrogens (primary N) is 1. The molecule has 0 bridgehead atoms. The molecule has 1 aromatic heterocycles. The van der Waals surface area contributed by atoms with Gasteiger partial charge < -0.3 is 15.4 Å². The molecule has 2 rings (SSSR count). The molecule has 0 aliphatic carbocycles. The van der Waals surface area contributed by atoms with Crippen LogP contribution in [0.1, 0.15) is 4.88 Å². The van der Waals surface area contributed by atoms with Crippen LogP contribution in [0.5, 0.6) is 5.75 Å². The highest BCUT2D eigenvalue weighted by Gasteiger charge is 2.05. The van der Waals surface area contributed by atoms with Crippen LogP contribution in [0, 0.1) is 0 Å². The third-order valence-corrected chi connectivity index (χ3v) is 3.72. The third-order valence-electron chi connectivity index (χ3n) is 2.51. The molecule has 18 heavy (non-hydrogen) atoms. The summed E-state index contributed by atoms with van der Waals surface area (Å²) in [5.74, 6) is 0.700. The van der Waals surface area contributed by atoms with E-state index in [1.807, 2.05) is 49.3 Å². The number of hydrogen-bond acceptors (Lipinski definition) is 4. The zero-order valence-electron chi connectivity index (χ0n) is 10.3. The number of thiophene rings is 1. The van der Waals surface area contributed by atoms with Gasteiger partial charge in [0.05, 0.1) is 10.0 Å². The minimum atomic E-state index is 0.485. The molecule has 96 valence electrons. The quantitative estimate of drug-likeness (QED) is 0.871. The van der Waals surface area contributed by atoms with Gasteiger partial charge in [-0.3, -0.25) is 0 Å². The Morgan fingerprint density at radius 2 is 2.06 bits per heavy atom. The minimum Gasteiger partial charge on any atom is -0.486 e. The van der Waals surface area contributed by atoms with Crippen LogP contribution in [-0.2, 0) is 6.61 Å². The highest BCUT2D eigenvalue weighted by atomic mass is 35.5. The maximum absolute atomic E-state index is 5.89. The Morgan fingerprint density at radius 1 is 1.28 bits per heavy atom. The zero-order valence-corrected chi connectivity index (χ0v) is 11.9. The fourth-order valence-corrected chi connectivity index (χ4v) is 2.51. The molecule has 0 atom stereocenters. The molecular weight excluding hydrogens is 268 g/mol. The normalized spacial score (nSPS) is 10.4. The van der Waals surface area contributed by atoms with Crippen molar-refractivity contribution in [1.29, 1.82) is 0 Å². The fraction of sp³-hybridized carbons (Fsp3) is 0.231. The molecule has 2 aromatic rings. The summed E-state index contributed by atoms with van der Waals surface area (Å²) in [4.78, 5) is 3.09. The van der Waals surface area contributed by atoms with Crippen LogP contribution >= 0.6 is 22.9 Å². The van der Waals surface area contributed by atoms with Crippen molar-refractivity contribution >= 4 is 34.3 Å². The third kappa shape index (κ3) is 3.09. The number of rotatable bonds is 4. The molecule has 1 heterocycles. The Balaban J connectivity index is 2.10. The monoisotopic (exact) mass is 282 g/mol. The van der Waals surface area contributed by atoms with E-state index >= 15 is 0 Å². The lowest BCUT2D eigenvalue weighted by molar-refractivity contribution is 0.311. The van der Waals surface area contributed by atoms with Gasteiger partial charge in [-0.15, -0.1) is 11.3 Å². The first-order valence-electron chi connectivity index (χ1n) is 5.50. The summed E-state index contributed by atoms with van der Waals surface area (Å²) in [5, 5.41) is 0. The molecule has 0 spiro atoms. The van der Waals surface area contributed by atoms with Crippen LogP contribution in [0.15, 0.2) is 30.3 Å². The van der Waals surface area contributed by atoms with Gasteiger partial charge in [0.1, 0.15) is 12.4 Å². The molecule has 2 N–H and O–H groups in total. The molecule has 0 saturated carbocycles. The van der Waals surface area contributed by atoms with Crippen molar-refractivity contribution in [3.63, 3.8) is 0 Å². The Kier molecular flexibility index (Phi) is 3.99. The molecule has 0 aliphatic rings. The number of halogens is 1. The van der Waals surface area contributed by atoms with Crippen molar-refractivity contribution in [2.45, 2.75) is 6.61 Å². The lowest BCUT2D eigenvalue weighted by atomic mass is 10.2. The molecule has 1 aromatic carbocycles. The Labute approximate surface area is 116 Å². The summed E-state index contributed by atoms with van der Waals surface area (Å²) >= 11 is 7.38. The van der Waals surface area contributed by atoms with Crippen molar-refractivity contribution in [3.8, 4) is 5.75 Å². The average molecular weight is 283 g/mol. The highest BCUT2D eigenvalue weighted by molar-refractivity contribution is 7.16. The minimum absolute atomic E-state index is 0.485. The van der Waals surface area contributed by atoms with Gasteiger partial charge in [0, 0.05) is 30.7 Å². The highest BCUT2D eigenvalue weighted by Crippen LogP contribution is 2.29. The van der Waals surface area contributed by atoms with Gasteiger partial charge in [-0.05, 0) is 24.3 Å². The predicted octanol–water partition coefficient (Wildman–Crippen LogP) is 3.63. The largest absolute Gasteiger partial charge is 0.486 e. The van der Waals surface area contributed by atoms with Crippen molar-refractivity contribution in [1.82, 2.24) is 0 Å². The summed E-state index contributed by atoms with van der Waals surface area (Å²) in [6.07, 6.45) is 0. The molecular formula is C13H15ClN2OS. The molecule has 0 saturated heterocycles. The van der Waals surface area contributed by atoms with Crippen molar-refractivity contribution in [2.24, 2.45) is 0 Å². The smallest absolute Gasteiger partial charge is 0.144 e. The number of nitrogens with zero attached hydrogens (tertiary/aromatic N) is 1. The molecule has 0 aliphatic heterocycles. The number of hydrogen-bond donors (Lipinski definition) is 1. The Morgan fingerprint density at radius 3 is 2.67 bits per heavy atom. The molecule has 3 nitrogen and oxygen atoms in total. The van der Waals surface area contributed by atoms with E-state index in [0.29, 0.717) is 18.0 Å². The van der Waals surface area contributed by atoms with E-state index in [1.54, 1.807) is 0 Å². The Hall–Kier alpha value is -1.39. The van der Waals surface area contributed by atoms with Crippen molar-refractivity contribution in [3.05, 3.63) is 39.5 Å².